The normalized spacial score (nSPS) is 12.6. The lowest BCUT2D eigenvalue weighted by atomic mass is 10.2. The number of hydrogen-bond donors (Lipinski definition) is 1. The van der Waals surface area contributed by atoms with E-state index in [4.69, 9.17) is 17.0 Å². The zero-order valence-electron chi connectivity index (χ0n) is 10.6. The summed E-state index contributed by atoms with van der Waals surface area (Å²) in [4.78, 5) is 0. The Balaban J connectivity index is 2.31. The van der Waals surface area contributed by atoms with E-state index in [0.717, 1.165) is 11.4 Å². The molecule has 1 atom stereocenters. The van der Waals surface area contributed by atoms with Gasteiger partial charge < -0.3 is 4.74 Å². The van der Waals surface area contributed by atoms with Crippen LogP contribution in [0, 0.1) is 4.77 Å². The van der Waals surface area contributed by atoms with E-state index in [2.05, 4.69) is 10.2 Å². The largest absolute Gasteiger partial charge is 0.377 e. The first-order valence-corrected chi connectivity index (χ1v) is 6.45. The number of nitrogens with zero attached hydrogens (tertiary/aromatic N) is 2. The fraction of sp³-hybridized carbons (Fsp3) is 0.385. The molecule has 1 unspecified atom stereocenters. The van der Waals surface area contributed by atoms with Crippen molar-refractivity contribution in [1.82, 2.24) is 14.8 Å². The molecule has 0 fully saturated rings. The molecule has 1 N–H and O–H groups in total. The molecular formula is C13H17N3OS. The van der Waals surface area contributed by atoms with E-state index in [0.29, 0.717) is 17.9 Å². The van der Waals surface area contributed by atoms with Crippen LogP contribution < -0.4 is 0 Å². The third-order valence-corrected chi connectivity index (χ3v) is 2.99. The fourth-order valence-corrected chi connectivity index (χ4v) is 2.10. The van der Waals surface area contributed by atoms with Crippen LogP contribution in [0.1, 0.15) is 13.8 Å². The molecule has 96 valence electrons. The van der Waals surface area contributed by atoms with Crippen LogP contribution in [0.15, 0.2) is 30.3 Å². The summed E-state index contributed by atoms with van der Waals surface area (Å²) in [5.74, 6) is 0.854. The molecule has 5 heteroatoms. The van der Waals surface area contributed by atoms with E-state index in [9.17, 15) is 0 Å². The molecule has 1 heterocycles. The summed E-state index contributed by atoms with van der Waals surface area (Å²) in [6.45, 7) is 5.43. The van der Waals surface area contributed by atoms with Gasteiger partial charge >= 0.3 is 0 Å². The molecule has 0 spiro atoms. The molecule has 0 aliphatic heterocycles. The number of hydrogen-bond acceptors (Lipinski definition) is 3. The number of nitrogens with one attached hydrogen (secondary N) is 1. The maximum atomic E-state index is 5.55. The average Bonchev–Trinajstić information content (AvgIpc) is 2.73. The number of benzene rings is 1. The van der Waals surface area contributed by atoms with Gasteiger partial charge in [0.15, 0.2) is 10.6 Å². The Kier molecular flexibility index (Phi) is 4.28. The van der Waals surface area contributed by atoms with Crippen molar-refractivity contribution in [3.63, 3.8) is 0 Å². The first kappa shape index (κ1) is 13.0. The minimum Gasteiger partial charge on any atom is -0.377 e. The molecule has 0 amide bonds. The summed E-state index contributed by atoms with van der Waals surface area (Å²) in [5.41, 5.74) is 1.05. The van der Waals surface area contributed by atoms with E-state index in [1.54, 1.807) is 0 Å². The maximum absolute atomic E-state index is 5.55. The summed E-state index contributed by atoms with van der Waals surface area (Å²) in [7, 11) is 0. The van der Waals surface area contributed by atoms with E-state index in [-0.39, 0.29) is 6.10 Å². The molecule has 4 nitrogen and oxygen atoms in total. The van der Waals surface area contributed by atoms with Crippen molar-refractivity contribution in [3.05, 3.63) is 35.1 Å². The summed E-state index contributed by atoms with van der Waals surface area (Å²) in [5, 5.41) is 7.13. The lowest BCUT2D eigenvalue weighted by Gasteiger charge is -2.13. The van der Waals surface area contributed by atoms with Gasteiger partial charge in [0.1, 0.15) is 0 Å². The van der Waals surface area contributed by atoms with E-state index < -0.39 is 0 Å². The molecule has 18 heavy (non-hydrogen) atoms. The van der Waals surface area contributed by atoms with Crippen LogP contribution in [0.25, 0.3) is 11.4 Å². The predicted molar refractivity (Wildman–Crippen MR) is 73.9 cm³/mol. The molecule has 0 aliphatic carbocycles. The molecule has 0 saturated carbocycles. The molecule has 2 rings (SSSR count). The second-order valence-electron chi connectivity index (χ2n) is 4.09. The molecule has 2 aromatic rings. The van der Waals surface area contributed by atoms with Gasteiger partial charge in [0.25, 0.3) is 0 Å². The van der Waals surface area contributed by atoms with E-state index in [1.807, 2.05) is 48.7 Å². The standard InChI is InChI=1S/C13H17N3OS/c1-3-17-10(2)9-16-12(14-15-13(16)18)11-7-5-4-6-8-11/h4-8,10H,3,9H2,1-2H3,(H,15,18). The number of H-pyrrole nitrogens is 1. The van der Waals surface area contributed by atoms with Crippen LogP contribution in [-0.2, 0) is 11.3 Å². The number of aromatic nitrogens is 3. The highest BCUT2D eigenvalue weighted by Crippen LogP contribution is 2.17. The molecular weight excluding hydrogens is 246 g/mol. The van der Waals surface area contributed by atoms with Gasteiger partial charge in [-0.15, -0.1) is 0 Å². The van der Waals surface area contributed by atoms with Crippen LogP contribution in [0.3, 0.4) is 0 Å². The predicted octanol–water partition coefficient (Wildman–Crippen LogP) is 3.03. The smallest absolute Gasteiger partial charge is 0.195 e. The van der Waals surface area contributed by atoms with Gasteiger partial charge in [-0.3, -0.25) is 9.67 Å². The zero-order valence-corrected chi connectivity index (χ0v) is 11.4. The third-order valence-electron chi connectivity index (χ3n) is 2.68. The highest BCUT2D eigenvalue weighted by atomic mass is 32.1. The third kappa shape index (κ3) is 2.86. The van der Waals surface area contributed by atoms with Crippen molar-refractivity contribution in [2.45, 2.75) is 26.5 Å². The number of ether oxygens (including phenoxy) is 1. The molecule has 0 radical (unpaired) electrons. The first-order chi connectivity index (χ1) is 8.72. The Hall–Kier alpha value is -1.46. The van der Waals surface area contributed by atoms with Crippen molar-refractivity contribution >= 4 is 12.2 Å². The fourth-order valence-electron chi connectivity index (χ4n) is 1.89. The van der Waals surface area contributed by atoms with Crippen molar-refractivity contribution in [2.75, 3.05) is 6.61 Å². The summed E-state index contributed by atoms with van der Waals surface area (Å²) in [6.07, 6.45) is 0.113. The second kappa shape index (κ2) is 5.93. The number of aromatic amines is 1. The van der Waals surface area contributed by atoms with Gasteiger partial charge in [-0.25, -0.2) is 0 Å². The molecule has 0 bridgehead atoms. The maximum Gasteiger partial charge on any atom is 0.195 e. The highest BCUT2D eigenvalue weighted by Gasteiger charge is 2.11. The molecule has 1 aromatic heterocycles. The average molecular weight is 263 g/mol. The lowest BCUT2D eigenvalue weighted by Crippen LogP contribution is -2.17. The Morgan fingerprint density at radius 1 is 1.39 bits per heavy atom. The van der Waals surface area contributed by atoms with E-state index >= 15 is 0 Å². The molecule has 0 saturated heterocycles. The van der Waals surface area contributed by atoms with Gasteiger partial charge in [-0.1, -0.05) is 30.3 Å². The summed E-state index contributed by atoms with van der Waals surface area (Å²) >= 11 is 5.26. The van der Waals surface area contributed by atoms with Crippen molar-refractivity contribution in [1.29, 1.82) is 0 Å². The highest BCUT2D eigenvalue weighted by molar-refractivity contribution is 7.71. The van der Waals surface area contributed by atoms with Gasteiger partial charge in [0.2, 0.25) is 0 Å². The molecule has 1 aromatic carbocycles. The van der Waals surface area contributed by atoms with Crippen molar-refractivity contribution in [3.8, 4) is 11.4 Å². The zero-order chi connectivity index (χ0) is 13.0. The molecule has 0 aliphatic rings. The Morgan fingerprint density at radius 2 is 2.11 bits per heavy atom. The van der Waals surface area contributed by atoms with Gasteiger partial charge in [0.05, 0.1) is 12.6 Å². The topological polar surface area (TPSA) is 42.8 Å². The minimum absolute atomic E-state index is 0.113. The van der Waals surface area contributed by atoms with Crippen LogP contribution in [0.4, 0.5) is 0 Å². The van der Waals surface area contributed by atoms with Crippen LogP contribution in [0.5, 0.6) is 0 Å². The summed E-state index contributed by atoms with van der Waals surface area (Å²) in [6, 6.07) is 10.0. The monoisotopic (exact) mass is 263 g/mol. The Morgan fingerprint density at radius 3 is 2.78 bits per heavy atom. The van der Waals surface area contributed by atoms with Gasteiger partial charge in [-0.05, 0) is 26.1 Å². The lowest BCUT2D eigenvalue weighted by molar-refractivity contribution is 0.0640. The Labute approximate surface area is 112 Å². The van der Waals surface area contributed by atoms with Crippen LogP contribution in [0.2, 0.25) is 0 Å². The second-order valence-corrected chi connectivity index (χ2v) is 4.48. The van der Waals surface area contributed by atoms with Crippen molar-refractivity contribution < 1.29 is 4.74 Å². The van der Waals surface area contributed by atoms with Crippen molar-refractivity contribution in [2.24, 2.45) is 0 Å². The first-order valence-electron chi connectivity index (χ1n) is 6.04. The Bertz CT molecular complexity index is 547. The SMILES string of the molecule is CCOC(C)Cn1c(-c2ccccc2)n[nH]c1=S. The van der Waals surface area contributed by atoms with Gasteiger partial charge in [-0.2, -0.15) is 5.10 Å². The van der Waals surface area contributed by atoms with Crippen LogP contribution in [-0.4, -0.2) is 27.5 Å². The quantitative estimate of drug-likeness (QED) is 0.843. The van der Waals surface area contributed by atoms with Gasteiger partial charge in [0, 0.05) is 12.2 Å². The summed E-state index contributed by atoms with van der Waals surface area (Å²) < 4.78 is 8.15. The van der Waals surface area contributed by atoms with Crippen LogP contribution >= 0.6 is 12.2 Å². The minimum atomic E-state index is 0.113. The van der Waals surface area contributed by atoms with E-state index in [1.165, 1.54) is 0 Å². The number of rotatable bonds is 5.